The number of carbonyl (C=O) groups excluding carboxylic acids is 1. The Morgan fingerprint density at radius 2 is 2.08 bits per heavy atom. The highest BCUT2D eigenvalue weighted by Gasteiger charge is 2.28. The van der Waals surface area contributed by atoms with E-state index in [2.05, 4.69) is 31.0 Å². The molecule has 1 amide bonds. The van der Waals surface area contributed by atoms with Gasteiger partial charge in [-0.05, 0) is 41.4 Å². The Balaban J connectivity index is 2.00. The molecule has 2 aromatic rings. The number of carbonyl (C=O) groups is 1. The minimum atomic E-state index is -4.44. The number of hydrogen-bond donors (Lipinski definition) is 1. The van der Waals surface area contributed by atoms with Gasteiger partial charge in [0.1, 0.15) is 11.5 Å². The second-order valence-electron chi connectivity index (χ2n) is 4.99. The highest BCUT2D eigenvalue weighted by molar-refractivity contribution is 9.10. The zero-order valence-electron chi connectivity index (χ0n) is 12.8. The van der Waals surface area contributed by atoms with E-state index in [9.17, 15) is 18.0 Å². The molecule has 5 nitrogen and oxygen atoms in total. The summed E-state index contributed by atoms with van der Waals surface area (Å²) in [6, 6.07) is 2.91. The number of alkyl halides is 3. The quantitative estimate of drug-likeness (QED) is 0.816. The number of aromatic nitrogens is 1. The molecule has 0 saturated carbocycles. The third-order valence-corrected chi connectivity index (χ3v) is 4.00. The maximum absolute atomic E-state index is 12.2. The molecule has 130 valence electrons. The fourth-order valence-corrected chi connectivity index (χ4v) is 2.52. The molecule has 0 radical (unpaired) electrons. The van der Waals surface area contributed by atoms with Crippen LogP contribution in [0.4, 0.5) is 13.2 Å². The molecule has 0 bridgehead atoms. The number of halogens is 4. The molecule has 24 heavy (non-hydrogen) atoms. The van der Waals surface area contributed by atoms with Crippen LogP contribution < -0.4 is 10.1 Å². The van der Waals surface area contributed by atoms with Gasteiger partial charge in [-0.3, -0.25) is 4.79 Å². The Hall–Kier alpha value is -2.03. The van der Waals surface area contributed by atoms with Crippen molar-refractivity contribution in [1.29, 1.82) is 0 Å². The van der Waals surface area contributed by atoms with Crippen LogP contribution in [-0.4, -0.2) is 23.7 Å². The maximum Gasteiger partial charge on any atom is 0.422 e. The molecule has 2 rings (SSSR count). The van der Waals surface area contributed by atoms with E-state index >= 15 is 0 Å². The fraction of sp³-hybridized carbons (Fsp3) is 0.333. The van der Waals surface area contributed by atoms with Crippen LogP contribution in [0.15, 0.2) is 27.2 Å². The van der Waals surface area contributed by atoms with Crippen LogP contribution in [0.5, 0.6) is 5.88 Å². The Kier molecular flexibility index (Phi) is 5.53. The third kappa shape index (κ3) is 4.73. The van der Waals surface area contributed by atoms with E-state index < -0.39 is 12.8 Å². The van der Waals surface area contributed by atoms with Gasteiger partial charge in [0.05, 0.1) is 10.0 Å². The highest BCUT2D eigenvalue weighted by atomic mass is 79.9. The van der Waals surface area contributed by atoms with Gasteiger partial charge in [-0.2, -0.15) is 13.2 Å². The van der Waals surface area contributed by atoms with Crippen LogP contribution in [0.25, 0.3) is 0 Å². The van der Waals surface area contributed by atoms with E-state index in [-0.39, 0.29) is 18.3 Å². The molecular formula is C15H14BrF3N2O3. The summed E-state index contributed by atoms with van der Waals surface area (Å²) in [5.74, 6) is 0.548. The van der Waals surface area contributed by atoms with Crippen molar-refractivity contribution < 1.29 is 27.1 Å². The van der Waals surface area contributed by atoms with Crippen LogP contribution in [0.1, 0.15) is 27.4 Å². The monoisotopic (exact) mass is 406 g/mol. The number of amides is 1. The minimum absolute atomic E-state index is 0.111. The first-order valence-electron chi connectivity index (χ1n) is 6.85. The number of hydrogen-bond acceptors (Lipinski definition) is 4. The van der Waals surface area contributed by atoms with E-state index in [1.54, 1.807) is 19.9 Å². The SMILES string of the molecule is Cc1oc(C)c(C(=O)NCc2ccnc(OCC(F)(F)F)c2)c1Br. The van der Waals surface area contributed by atoms with Crippen LogP contribution in [0.2, 0.25) is 0 Å². The molecule has 9 heteroatoms. The summed E-state index contributed by atoms with van der Waals surface area (Å²) in [6.07, 6.45) is -3.12. The van der Waals surface area contributed by atoms with Gasteiger partial charge in [-0.25, -0.2) is 4.98 Å². The molecular weight excluding hydrogens is 393 g/mol. The number of rotatable bonds is 5. The Labute approximate surface area is 144 Å². The molecule has 2 aromatic heterocycles. The van der Waals surface area contributed by atoms with Crippen molar-refractivity contribution in [3.05, 3.63) is 45.4 Å². The summed E-state index contributed by atoms with van der Waals surface area (Å²) in [5, 5.41) is 2.68. The molecule has 0 saturated heterocycles. The lowest BCUT2D eigenvalue weighted by molar-refractivity contribution is -0.154. The number of pyridine rings is 1. The van der Waals surface area contributed by atoms with Crippen LogP contribution in [0, 0.1) is 13.8 Å². The van der Waals surface area contributed by atoms with Gasteiger partial charge in [0, 0.05) is 18.8 Å². The van der Waals surface area contributed by atoms with Crippen molar-refractivity contribution in [2.75, 3.05) is 6.61 Å². The summed E-state index contributed by atoms with van der Waals surface area (Å²) in [5.41, 5.74) is 0.944. The highest BCUT2D eigenvalue weighted by Crippen LogP contribution is 2.27. The summed E-state index contributed by atoms with van der Waals surface area (Å²) in [4.78, 5) is 15.9. The number of ether oxygens (including phenoxy) is 1. The van der Waals surface area contributed by atoms with Gasteiger partial charge in [-0.15, -0.1) is 0 Å². The second-order valence-corrected chi connectivity index (χ2v) is 5.79. The van der Waals surface area contributed by atoms with E-state index in [1.807, 2.05) is 0 Å². The first kappa shape index (κ1) is 18.3. The number of furan rings is 1. The van der Waals surface area contributed by atoms with Crippen LogP contribution in [-0.2, 0) is 6.54 Å². The lowest BCUT2D eigenvalue weighted by Gasteiger charge is -2.10. The molecule has 2 heterocycles. The molecule has 0 spiro atoms. The number of nitrogens with one attached hydrogen (secondary N) is 1. The molecule has 0 aromatic carbocycles. The zero-order chi connectivity index (χ0) is 17.9. The molecule has 0 aliphatic rings. The Morgan fingerprint density at radius 3 is 2.67 bits per heavy atom. The van der Waals surface area contributed by atoms with Crippen molar-refractivity contribution in [3.63, 3.8) is 0 Å². The summed E-state index contributed by atoms with van der Waals surface area (Å²) >= 11 is 3.29. The predicted molar refractivity (Wildman–Crippen MR) is 82.8 cm³/mol. The van der Waals surface area contributed by atoms with Gasteiger partial charge in [0.15, 0.2) is 6.61 Å². The molecule has 1 N–H and O–H groups in total. The van der Waals surface area contributed by atoms with Crippen LogP contribution >= 0.6 is 15.9 Å². The van der Waals surface area contributed by atoms with Gasteiger partial charge < -0.3 is 14.5 Å². The smallest absolute Gasteiger partial charge is 0.422 e. The lowest BCUT2D eigenvalue weighted by Crippen LogP contribution is -2.23. The predicted octanol–water partition coefficient (Wildman–Crippen LogP) is 3.93. The lowest BCUT2D eigenvalue weighted by atomic mass is 10.2. The Morgan fingerprint density at radius 1 is 1.38 bits per heavy atom. The standard InChI is InChI=1S/C15H14BrF3N2O3/c1-8-12(13(16)9(2)24-8)14(22)21-6-10-3-4-20-11(5-10)23-7-15(17,18)19/h3-5H,6-7H2,1-2H3,(H,21,22). The summed E-state index contributed by atoms with van der Waals surface area (Å²) < 4.78 is 46.9. The van der Waals surface area contributed by atoms with Gasteiger partial charge in [0.2, 0.25) is 5.88 Å². The first-order chi connectivity index (χ1) is 11.2. The third-order valence-electron chi connectivity index (χ3n) is 3.05. The van der Waals surface area contributed by atoms with E-state index in [1.165, 1.54) is 12.3 Å². The Bertz CT molecular complexity index is 744. The van der Waals surface area contributed by atoms with Crippen molar-refractivity contribution in [2.24, 2.45) is 0 Å². The minimum Gasteiger partial charge on any atom is -0.468 e. The van der Waals surface area contributed by atoms with E-state index in [4.69, 9.17) is 4.42 Å². The van der Waals surface area contributed by atoms with Crippen molar-refractivity contribution in [3.8, 4) is 5.88 Å². The number of aryl methyl sites for hydroxylation is 2. The van der Waals surface area contributed by atoms with Crippen LogP contribution in [0.3, 0.4) is 0 Å². The van der Waals surface area contributed by atoms with Gasteiger partial charge in [0.25, 0.3) is 5.91 Å². The van der Waals surface area contributed by atoms with Crippen molar-refractivity contribution in [2.45, 2.75) is 26.6 Å². The topological polar surface area (TPSA) is 64.4 Å². The molecule has 0 unspecified atom stereocenters. The fourth-order valence-electron chi connectivity index (χ4n) is 1.98. The largest absolute Gasteiger partial charge is 0.468 e. The maximum atomic E-state index is 12.2. The average molecular weight is 407 g/mol. The van der Waals surface area contributed by atoms with Crippen molar-refractivity contribution in [1.82, 2.24) is 10.3 Å². The molecule has 0 aliphatic heterocycles. The zero-order valence-corrected chi connectivity index (χ0v) is 14.4. The molecule has 0 atom stereocenters. The summed E-state index contributed by atoms with van der Waals surface area (Å²) in [7, 11) is 0. The van der Waals surface area contributed by atoms with E-state index in [0.717, 1.165) is 0 Å². The summed E-state index contributed by atoms with van der Waals surface area (Å²) in [6.45, 7) is 2.08. The first-order valence-corrected chi connectivity index (χ1v) is 7.65. The van der Waals surface area contributed by atoms with E-state index in [0.29, 0.717) is 27.1 Å². The average Bonchev–Trinajstić information content (AvgIpc) is 2.75. The van der Waals surface area contributed by atoms with Gasteiger partial charge in [-0.1, -0.05) is 0 Å². The number of nitrogens with zero attached hydrogens (tertiary/aromatic N) is 1. The molecule has 0 aliphatic carbocycles. The second kappa shape index (κ2) is 7.25. The molecule has 0 fully saturated rings. The normalized spacial score (nSPS) is 11.4. The van der Waals surface area contributed by atoms with Gasteiger partial charge >= 0.3 is 6.18 Å². The van der Waals surface area contributed by atoms with Crippen molar-refractivity contribution >= 4 is 21.8 Å².